The molecule has 1 atom stereocenters. The highest BCUT2D eigenvalue weighted by atomic mass is 16.5. The first-order valence-electron chi connectivity index (χ1n) is 5.57. The van der Waals surface area contributed by atoms with Crippen LogP contribution in [0.4, 0.5) is 0 Å². The van der Waals surface area contributed by atoms with Crippen LogP contribution in [0.2, 0.25) is 0 Å². The first-order chi connectivity index (χ1) is 6.81. The van der Waals surface area contributed by atoms with Crippen LogP contribution in [0, 0.1) is 5.92 Å². The van der Waals surface area contributed by atoms with E-state index in [-0.39, 0.29) is 0 Å². The molecule has 0 amide bonds. The van der Waals surface area contributed by atoms with Gasteiger partial charge in [-0.25, -0.2) is 0 Å². The topological polar surface area (TPSA) is 33.6 Å². The van der Waals surface area contributed by atoms with E-state index in [1.807, 2.05) is 0 Å². The molecule has 0 saturated carbocycles. The Hall–Kier alpha value is -0.570. The van der Waals surface area contributed by atoms with Gasteiger partial charge in [-0.15, -0.1) is 0 Å². The van der Waals surface area contributed by atoms with Crippen molar-refractivity contribution in [1.29, 1.82) is 0 Å². The van der Waals surface area contributed by atoms with E-state index in [9.17, 15) is 0 Å². The molecule has 0 saturated heterocycles. The van der Waals surface area contributed by atoms with Crippen LogP contribution in [0.25, 0.3) is 0 Å². The largest absolute Gasteiger partial charge is 0.360 e. The van der Waals surface area contributed by atoms with Crippen LogP contribution < -0.4 is 5.43 Å². The molecular formula is C11H24N2O. The lowest BCUT2D eigenvalue weighted by Gasteiger charge is -2.10. The van der Waals surface area contributed by atoms with Crippen molar-refractivity contribution in [2.45, 2.75) is 46.0 Å². The number of nitrogens with zero attached hydrogens (tertiary/aromatic N) is 1. The monoisotopic (exact) mass is 200 g/mol. The van der Waals surface area contributed by atoms with Crippen molar-refractivity contribution in [2.75, 3.05) is 13.3 Å². The maximum Gasteiger partial charge on any atom is 0.132 e. The minimum atomic E-state index is 0.477. The summed E-state index contributed by atoms with van der Waals surface area (Å²) in [6, 6.07) is 0. The molecule has 0 bridgehead atoms. The lowest BCUT2D eigenvalue weighted by molar-refractivity contribution is 0.105. The van der Waals surface area contributed by atoms with Gasteiger partial charge < -0.3 is 4.74 Å². The smallest absolute Gasteiger partial charge is 0.132 e. The van der Waals surface area contributed by atoms with Gasteiger partial charge >= 0.3 is 0 Å². The molecule has 0 aromatic heterocycles. The van der Waals surface area contributed by atoms with Crippen LogP contribution in [0.1, 0.15) is 46.0 Å². The Labute approximate surface area is 87.9 Å². The third-order valence-corrected chi connectivity index (χ3v) is 2.33. The molecule has 84 valence electrons. The average molecular weight is 200 g/mol. The summed E-state index contributed by atoms with van der Waals surface area (Å²) in [7, 11) is 0. The molecule has 0 heterocycles. The zero-order valence-electron chi connectivity index (χ0n) is 9.59. The minimum absolute atomic E-state index is 0.477. The molecule has 0 aromatic carbocycles. The molecule has 3 nitrogen and oxygen atoms in total. The van der Waals surface area contributed by atoms with Crippen LogP contribution >= 0.6 is 0 Å². The number of unbranched alkanes of at least 4 members (excludes halogenated alkanes) is 2. The molecule has 0 radical (unpaired) electrons. The summed E-state index contributed by atoms with van der Waals surface area (Å²) in [5.41, 5.74) is 2.67. The predicted octanol–water partition coefficient (Wildman–Crippen LogP) is 2.77. The molecule has 1 unspecified atom stereocenters. The summed E-state index contributed by atoms with van der Waals surface area (Å²) in [5.74, 6) is 0.776. The lowest BCUT2D eigenvalue weighted by atomic mass is 10.0. The highest BCUT2D eigenvalue weighted by molar-refractivity contribution is 5.22. The van der Waals surface area contributed by atoms with E-state index in [1.165, 1.54) is 25.7 Å². The molecule has 0 aromatic rings. The van der Waals surface area contributed by atoms with Gasteiger partial charge in [-0.3, -0.25) is 5.43 Å². The van der Waals surface area contributed by atoms with Crippen LogP contribution in [-0.4, -0.2) is 20.1 Å². The van der Waals surface area contributed by atoms with Crippen molar-refractivity contribution in [3.63, 3.8) is 0 Å². The SMILES string of the molecule is C=NNCOCCC(C)CCCCC. The third kappa shape index (κ3) is 9.52. The zero-order valence-corrected chi connectivity index (χ0v) is 9.59. The van der Waals surface area contributed by atoms with Gasteiger partial charge in [0.05, 0.1) is 0 Å². The number of nitrogens with one attached hydrogen (secondary N) is 1. The van der Waals surface area contributed by atoms with Gasteiger partial charge in [-0.2, -0.15) is 5.10 Å². The summed E-state index contributed by atoms with van der Waals surface area (Å²) in [6.45, 7) is 9.12. The van der Waals surface area contributed by atoms with Crippen molar-refractivity contribution >= 4 is 6.72 Å². The molecule has 3 heteroatoms. The highest BCUT2D eigenvalue weighted by Gasteiger charge is 2.00. The maximum absolute atomic E-state index is 5.31. The summed E-state index contributed by atoms with van der Waals surface area (Å²) >= 11 is 0. The van der Waals surface area contributed by atoms with Crippen molar-refractivity contribution in [3.8, 4) is 0 Å². The fourth-order valence-electron chi connectivity index (χ4n) is 1.34. The Morgan fingerprint density at radius 2 is 2.14 bits per heavy atom. The van der Waals surface area contributed by atoms with Gasteiger partial charge in [-0.05, 0) is 12.3 Å². The predicted molar refractivity (Wildman–Crippen MR) is 61.4 cm³/mol. The van der Waals surface area contributed by atoms with Crippen molar-refractivity contribution in [2.24, 2.45) is 11.0 Å². The summed E-state index contributed by atoms with van der Waals surface area (Å²) in [4.78, 5) is 0. The minimum Gasteiger partial charge on any atom is -0.360 e. The van der Waals surface area contributed by atoms with Gasteiger partial charge in [0, 0.05) is 13.3 Å². The molecular weight excluding hydrogens is 176 g/mol. The maximum atomic E-state index is 5.31. The van der Waals surface area contributed by atoms with Crippen LogP contribution in [-0.2, 0) is 4.74 Å². The van der Waals surface area contributed by atoms with Gasteiger partial charge in [0.2, 0.25) is 0 Å². The third-order valence-electron chi connectivity index (χ3n) is 2.33. The van der Waals surface area contributed by atoms with Crippen LogP contribution in [0.5, 0.6) is 0 Å². The molecule has 1 N–H and O–H groups in total. The van der Waals surface area contributed by atoms with Crippen LogP contribution in [0.15, 0.2) is 5.10 Å². The molecule has 0 spiro atoms. The summed E-state index contributed by atoms with van der Waals surface area (Å²) in [5, 5.41) is 3.49. The molecule has 0 aliphatic heterocycles. The fourth-order valence-corrected chi connectivity index (χ4v) is 1.34. The van der Waals surface area contributed by atoms with E-state index < -0.39 is 0 Å². The normalized spacial score (nSPS) is 12.4. The number of rotatable bonds is 10. The molecule has 0 aliphatic rings. The second-order valence-electron chi connectivity index (χ2n) is 3.76. The first kappa shape index (κ1) is 13.4. The average Bonchev–Trinajstić information content (AvgIpc) is 2.18. The van der Waals surface area contributed by atoms with Crippen molar-refractivity contribution in [1.82, 2.24) is 5.43 Å². The van der Waals surface area contributed by atoms with E-state index in [1.54, 1.807) is 0 Å². The second kappa shape index (κ2) is 10.5. The quantitative estimate of drug-likeness (QED) is 0.255. The van der Waals surface area contributed by atoms with E-state index in [4.69, 9.17) is 4.74 Å². The lowest BCUT2D eigenvalue weighted by Crippen LogP contribution is -2.12. The van der Waals surface area contributed by atoms with E-state index in [2.05, 4.69) is 31.1 Å². The van der Waals surface area contributed by atoms with Gasteiger partial charge in [-0.1, -0.05) is 39.5 Å². The highest BCUT2D eigenvalue weighted by Crippen LogP contribution is 2.12. The standard InChI is InChI=1S/C11H24N2O/c1-4-5-6-7-11(2)8-9-14-10-13-12-3/h11,13H,3-10H2,1-2H3. The molecule has 0 aliphatic carbocycles. The Morgan fingerprint density at radius 1 is 1.36 bits per heavy atom. The number of hydrogen-bond acceptors (Lipinski definition) is 3. The first-order valence-corrected chi connectivity index (χ1v) is 5.57. The Bertz CT molecular complexity index is 128. The number of hydrazone groups is 1. The zero-order chi connectivity index (χ0) is 10.6. The number of hydrogen-bond donors (Lipinski definition) is 1. The summed E-state index contributed by atoms with van der Waals surface area (Å²) < 4.78 is 5.31. The Kier molecular flexibility index (Phi) is 10.1. The molecule has 0 fully saturated rings. The Balaban J connectivity index is 3.09. The Morgan fingerprint density at radius 3 is 2.79 bits per heavy atom. The van der Waals surface area contributed by atoms with Crippen LogP contribution in [0.3, 0.4) is 0 Å². The molecule has 0 rings (SSSR count). The summed E-state index contributed by atoms with van der Waals surface area (Å²) in [6.07, 6.45) is 6.47. The second-order valence-corrected chi connectivity index (χ2v) is 3.76. The van der Waals surface area contributed by atoms with Crippen molar-refractivity contribution < 1.29 is 4.74 Å². The molecule has 14 heavy (non-hydrogen) atoms. The van der Waals surface area contributed by atoms with E-state index in [0.717, 1.165) is 18.9 Å². The van der Waals surface area contributed by atoms with Gasteiger partial charge in [0.1, 0.15) is 6.73 Å². The number of ether oxygens (including phenoxy) is 1. The van der Waals surface area contributed by atoms with Crippen molar-refractivity contribution in [3.05, 3.63) is 0 Å². The van der Waals surface area contributed by atoms with E-state index >= 15 is 0 Å². The van der Waals surface area contributed by atoms with E-state index in [0.29, 0.717) is 6.73 Å². The van der Waals surface area contributed by atoms with Gasteiger partial charge in [0.25, 0.3) is 0 Å². The fraction of sp³-hybridized carbons (Fsp3) is 0.909. The van der Waals surface area contributed by atoms with Gasteiger partial charge in [0.15, 0.2) is 0 Å².